The van der Waals surface area contributed by atoms with Gasteiger partial charge in [0.15, 0.2) is 0 Å². The topological polar surface area (TPSA) is 104 Å². The Labute approximate surface area is 139 Å². The number of primary sulfonamides is 1. The monoisotopic (exact) mass is 341 g/mol. The van der Waals surface area contributed by atoms with Crippen molar-refractivity contribution in [3.63, 3.8) is 0 Å². The first-order valence-electron chi connectivity index (χ1n) is 7.46. The van der Waals surface area contributed by atoms with Gasteiger partial charge in [-0.25, -0.2) is 28.2 Å². The van der Waals surface area contributed by atoms with E-state index in [9.17, 15) is 8.42 Å². The van der Waals surface area contributed by atoms with Gasteiger partial charge in [0.05, 0.1) is 28.2 Å². The number of fused-ring (bicyclic) bond motifs is 3. The minimum absolute atomic E-state index is 0.0756. The van der Waals surface area contributed by atoms with E-state index >= 15 is 0 Å². The third-order valence-corrected chi connectivity index (χ3v) is 5.06. The normalized spacial score (nSPS) is 13.4. The molecule has 2 aromatic heterocycles. The highest BCUT2D eigenvalue weighted by Gasteiger charge is 2.23. The van der Waals surface area contributed by atoms with E-state index < -0.39 is 10.0 Å². The maximum atomic E-state index is 11.4. The lowest BCUT2D eigenvalue weighted by Crippen LogP contribution is -2.12. The maximum Gasteiger partial charge on any atom is 0.238 e. The molecule has 4 rings (SSSR count). The van der Waals surface area contributed by atoms with Crippen molar-refractivity contribution in [2.75, 3.05) is 0 Å². The lowest BCUT2D eigenvalue weighted by Gasteiger charge is -2.17. The molecule has 2 N–H and O–H groups in total. The van der Waals surface area contributed by atoms with Gasteiger partial charge in [-0.15, -0.1) is 0 Å². The molecule has 0 fully saturated rings. The fraction of sp³-hybridized carbons (Fsp3) is 0.188. The van der Waals surface area contributed by atoms with E-state index in [4.69, 9.17) is 5.14 Å². The molecule has 0 unspecified atom stereocenters. The molecule has 122 valence electrons. The zero-order chi connectivity index (χ0) is 16.9. The van der Waals surface area contributed by atoms with Crippen molar-refractivity contribution in [2.45, 2.75) is 24.7 Å². The molecule has 1 aliphatic rings. The molecule has 2 heterocycles. The predicted octanol–water partition coefficient (Wildman–Crippen LogP) is 1.38. The summed E-state index contributed by atoms with van der Waals surface area (Å²) in [6.45, 7) is 1.87. The van der Waals surface area contributed by atoms with Gasteiger partial charge in [-0.05, 0) is 49.6 Å². The van der Waals surface area contributed by atoms with Crippen LogP contribution in [0.25, 0.3) is 16.9 Å². The van der Waals surface area contributed by atoms with Gasteiger partial charge in [-0.2, -0.15) is 5.10 Å². The molecule has 0 saturated carbocycles. The predicted molar refractivity (Wildman–Crippen MR) is 88.1 cm³/mol. The molecule has 0 bridgehead atoms. The van der Waals surface area contributed by atoms with Gasteiger partial charge in [0, 0.05) is 11.8 Å². The van der Waals surface area contributed by atoms with Crippen molar-refractivity contribution in [1.82, 2.24) is 19.7 Å². The van der Waals surface area contributed by atoms with Crippen LogP contribution in [-0.2, 0) is 22.9 Å². The number of nitrogens with zero attached hydrogens (tertiary/aromatic N) is 4. The molecule has 7 nitrogen and oxygen atoms in total. The molecule has 1 aliphatic carbocycles. The molecule has 3 aromatic rings. The highest BCUT2D eigenvalue weighted by atomic mass is 32.2. The molecule has 0 saturated heterocycles. The summed E-state index contributed by atoms with van der Waals surface area (Å²) >= 11 is 0. The minimum atomic E-state index is -3.71. The largest absolute Gasteiger partial charge is 0.241 e. The average Bonchev–Trinajstić information content (AvgIpc) is 2.98. The first-order valence-corrected chi connectivity index (χ1v) is 9.01. The molecular weight excluding hydrogens is 326 g/mol. The van der Waals surface area contributed by atoms with Crippen molar-refractivity contribution in [3.05, 3.63) is 53.7 Å². The first-order chi connectivity index (χ1) is 11.4. The van der Waals surface area contributed by atoms with Gasteiger partial charge in [0.2, 0.25) is 10.0 Å². The molecule has 0 aliphatic heterocycles. The van der Waals surface area contributed by atoms with Crippen LogP contribution >= 0.6 is 0 Å². The number of nitrogens with two attached hydrogens (primary N) is 1. The van der Waals surface area contributed by atoms with E-state index in [-0.39, 0.29) is 4.90 Å². The lowest BCUT2D eigenvalue weighted by atomic mass is 9.95. The quantitative estimate of drug-likeness (QED) is 0.758. The van der Waals surface area contributed by atoms with E-state index in [0.717, 1.165) is 46.9 Å². The Balaban J connectivity index is 1.85. The van der Waals surface area contributed by atoms with Crippen LogP contribution < -0.4 is 5.14 Å². The third kappa shape index (κ3) is 2.40. The van der Waals surface area contributed by atoms with E-state index in [0.29, 0.717) is 0 Å². The second-order valence-electron chi connectivity index (χ2n) is 5.75. The standard InChI is InChI=1S/C16H15N5O2S/c1-10-18-9-14-15(20-10)7-2-11-8-19-21(16(11)14)12-3-5-13(6-4-12)24(17,22)23/h3-6,8-9H,2,7H2,1H3,(H2,17,22,23). The Bertz CT molecular complexity index is 1040. The van der Waals surface area contributed by atoms with Crippen molar-refractivity contribution in [1.29, 1.82) is 0 Å². The van der Waals surface area contributed by atoms with Crippen LogP contribution in [-0.4, -0.2) is 28.2 Å². The second kappa shape index (κ2) is 5.22. The average molecular weight is 341 g/mol. The lowest BCUT2D eigenvalue weighted by molar-refractivity contribution is 0.598. The smallest absolute Gasteiger partial charge is 0.238 e. The van der Waals surface area contributed by atoms with Gasteiger partial charge >= 0.3 is 0 Å². The number of rotatable bonds is 2. The van der Waals surface area contributed by atoms with Gasteiger partial charge in [-0.1, -0.05) is 0 Å². The fourth-order valence-electron chi connectivity index (χ4n) is 2.98. The third-order valence-electron chi connectivity index (χ3n) is 4.13. The molecule has 0 radical (unpaired) electrons. The molecular formula is C16H15N5O2S. The Morgan fingerprint density at radius 2 is 1.88 bits per heavy atom. The number of hydrogen-bond donors (Lipinski definition) is 1. The maximum absolute atomic E-state index is 11.4. The Morgan fingerprint density at radius 1 is 1.12 bits per heavy atom. The molecule has 0 spiro atoms. The summed E-state index contributed by atoms with van der Waals surface area (Å²) in [5.41, 5.74) is 4.83. The van der Waals surface area contributed by atoms with Crippen LogP contribution in [0.4, 0.5) is 0 Å². The molecule has 1 aromatic carbocycles. The molecule has 0 atom stereocenters. The summed E-state index contributed by atoms with van der Waals surface area (Å²) in [4.78, 5) is 8.90. The summed E-state index contributed by atoms with van der Waals surface area (Å²) in [7, 11) is -3.71. The number of aryl methyl sites for hydroxylation is 3. The van der Waals surface area contributed by atoms with Gasteiger partial charge in [0.1, 0.15) is 5.82 Å². The summed E-state index contributed by atoms with van der Waals surface area (Å²) in [6, 6.07) is 6.34. The fourth-order valence-corrected chi connectivity index (χ4v) is 3.50. The summed E-state index contributed by atoms with van der Waals surface area (Å²) in [5.74, 6) is 0.751. The number of hydrogen-bond acceptors (Lipinski definition) is 5. The summed E-state index contributed by atoms with van der Waals surface area (Å²) in [6.07, 6.45) is 5.40. The van der Waals surface area contributed by atoms with Crippen LogP contribution in [0.5, 0.6) is 0 Å². The number of sulfonamides is 1. The van der Waals surface area contributed by atoms with Crippen LogP contribution in [0.1, 0.15) is 17.1 Å². The highest BCUT2D eigenvalue weighted by Crippen LogP contribution is 2.33. The molecule has 24 heavy (non-hydrogen) atoms. The molecule has 8 heteroatoms. The van der Waals surface area contributed by atoms with Gasteiger partial charge in [0.25, 0.3) is 0 Å². The molecule has 0 amide bonds. The minimum Gasteiger partial charge on any atom is -0.241 e. The number of aromatic nitrogens is 4. The Kier molecular flexibility index (Phi) is 3.26. The first kappa shape index (κ1) is 15.0. The zero-order valence-electron chi connectivity index (χ0n) is 13.0. The van der Waals surface area contributed by atoms with Crippen molar-refractivity contribution in [3.8, 4) is 16.9 Å². The highest BCUT2D eigenvalue weighted by molar-refractivity contribution is 7.89. The van der Waals surface area contributed by atoms with Crippen LogP contribution in [0.15, 0.2) is 41.6 Å². The Hall–Kier alpha value is -2.58. The van der Waals surface area contributed by atoms with Crippen molar-refractivity contribution < 1.29 is 8.42 Å². The SMILES string of the molecule is Cc1ncc2c(n1)CCc1cnn(-c3ccc(S(N)(=O)=O)cc3)c1-2. The summed E-state index contributed by atoms with van der Waals surface area (Å²) < 4.78 is 24.6. The van der Waals surface area contributed by atoms with Crippen LogP contribution in [0, 0.1) is 6.92 Å². The van der Waals surface area contributed by atoms with E-state index in [2.05, 4.69) is 15.1 Å². The van der Waals surface area contributed by atoms with Crippen LogP contribution in [0.3, 0.4) is 0 Å². The van der Waals surface area contributed by atoms with E-state index in [1.807, 2.05) is 19.3 Å². The second-order valence-corrected chi connectivity index (χ2v) is 7.31. The van der Waals surface area contributed by atoms with Crippen molar-refractivity contribution in [2.24, 2.45) is 5.14 Å². The van der Waals surface area contributed by atoms with Gasteiger partial charge < -0.3 is 0 Å². The van der Waals surface area contributed by atoms with E-state index in [1.54, 1.807) is 16.8 Å². The summed E-state index contributed by atoms with van der Waals surface area (Å²) in [5, 5.41) is 9.61. The Morgan fingerprint density at radius 3 is 2.58 bits per heavy atom. The van der Waals surface area contributed by atoms with Crippen LogP contribution in [0.2, 0.25) is 0 Å². The van der Waals surface area contributed by atoms with E-state index in [1.165, 1.54) is 12.1 Å². The number of benzene rings is 1. The van der Waals surface area contributed by atoms with Gasteiger partial charge in [-0.3, -0.25) is 0 Å². The zero-order valence-corrected chi connectivity index (χ0v) is 13.8. The van der Waals surface area contributed by atoms with Crippen molar-refractivity contribution >= 4 is 10.0 Å².